The first-order valence-electron chi connectivity index (χ1n) is 5.38. The standard InChI is InChI=1S/C11H14F2N2O3S/c1-19(17,18)5-4-10(14)11(16)15-7-2-3-8(12)9(13)6-7/h2-3,6,10H,4-5,14H2,1H3,(H,15,16). The van der Waals surface area contributed by atoms with Crippen LogP contribution in [0.1, 0.15) is 6.42 Å². The zero-order chi connectivity index (χ0) is 14.6. The van der Waals surface area contributed by atoms with Crippen molar-refractivity contribution in [3.8, 4) is 0 Å². The summed E-state index contributed by atoms with van der Waals surface area (Å²) in [6, 6.07) is 1.83. The van der Waals surface area contributed by atoms with Crippen LogP contribution < -0.4 is 11.1 Å². The lowest BCUT2D eigenvalue weighted by molar-refractivity contribution is -0.117. The molecule has 0 aliphatic heterocycles. The second-order valence-electron chi connectivity index (χ2n) is 4.14. The van der Waals surface area contributed by atoms with Crippen molar-refractivity contribution in [2.45, 2.75) is 12.5 Å². The molecule has 0 aliphatic carbocycles. The third-order valence-corrected chi connectivity index (χ3v) is 3.30. The molecule has 0 bridgehead atoms. The highest BCUT2D eigenvalue weighted by Crippen LogP contribution is 2.13. The molecule has 106 valence electrons. The Morgan fingerprint density at radius 3 is 2.53 bits per heavy atom. The summed E-state index contributed by atoms with van der Waals surface area (Å²) in [6.45, 7) is 0. The summed E-state index contributed by atoms with van der Waals surface area (Å²) in [4.78, 5) is 11.6. The number of hydrogen-bond acceptors (Lipinski definition) is 4. The van der Waals surface area contributed by atoms with E-state index in [1.807, 2.05) is 0 Å². The number of amides is 1. The molecular weight excluding hydrogens is 278 g/mol. The fourth-order valence-corrected chi connectivity index (χ4v) is 1.96. The van der Waals surface area contributed by atoms with Crippen LogP contribution in [0.15, 0.2) is 18.2 Å². The first-order chi connectivity index (χ1) is 8.69. The number of rotatable bonds is 5. The van der Waals surface area contributed by atoms with E-state index in [1.54, 1.807) is 0 Å². The van der Waals surface area contributed by atoms with E-state index in [-0.39, 0.29) is 17.9 Å². The van der Waals surface area contributed by atoms with Gasteiger partial charge in [0, 0.05) is 18.0 Å². The Labute approximate surface area is 109 Å². The monoisotopic (exact) mass is 292 g/mol. The Morgan fingerprint density at radius 1 is 1.37 bits per heavy atom. The van der Waals surface area contributed by atoms with E-state index in [0.29, 0.717) is 0 Å². The van der Waals surface area contributed by atoms with Crippen molar-refractivity contribution >= 4 is 21.4 Å². The maximum absolute atomic E-state index is 12.9. The van der Waals surface area contributed by atoms with Crippen molar-refractivity contribution in [3.63, 3.8) is 0 Å². The Bertz CT molecular complexity index is 575. The van der Waals surface area contributed by atoms with Gasteiger partial charge in [0.05, 0.1) is 11.8 Å². The third kappa shape index (κ3) is 5.31. The zero-order valence-corrected chi connectivity index (χ0v) is 11.0. The molecule has 8 heteroatoms. The number of halogens is 2. The van der Waals surface area contributed by atoms with Gasteiger partial charge in [0.2, 0.25) is 5.91 Å². The van der Waals surface area contributed by atoms with Gasteiger partial charge >= 0.3 is 0 Å². The number of nitrogens with two attached hydrogens (primary N) is 1. The van der Waals surface area contributed by atoms with Crippen LogP contribution in [0.3, 0.4) is 0 Å². The fourth-order valence-electron chi connectivity index (χ4n) is 1.28. The Balaban J connectivity index is 2.61. The van der Waals surface area contributed by atoms with Gasteiger partial charge in [0.1, 0.15) is 9.84 Å². The van der Waals surface area contributed by atoms with Gasteiger partial charge in [-0.25, -0.2) is 17.2 Å². The summed E-state index contributed by atoms with van der Waals surface area (Å²) in [6.07, 6.45) is 0.987. The van der Waals surface area contributed by atoms with E-state index in [0.717, 1.165) is 18.4 Å². The predicted molar refractivity (Wildman–Crippen MR) is 67.3 cm³/mol. The molecule has 1 atom stereocenters. The number of carbonyl (C=O) groups excluding carboxylic acids is 1. The van der Waals surface area contributed by atoms with E-state index in [4.69, 9.17) is 5.73 Å². The van der Waals surface area contributed by atoms with E-state index >= 15 is 0 Å². The Kier molecular flexibility index (Phi) is 4.96. The number of benzene rings is 1. The molecular formula is C11H14F2N2O3S. The molecule has 0 aromatic heterocycles. The molecule has 19 heavy (non-hydrogen) atoms. The topological polar surface area (TPSA) is 89.3 Å². The van der Waals surface area contributed by atoms with Gasteiger partial charge in [-0.3, -0.25) is 4.79 Å². The van der Waals surface area contributed by atoms with Crippen LogP contribution in [0.2, 0.25) is 0 Å². The highest BCUT2D eigenvalue weighted by molar-refractivity contribution is 7.90. The van der Waals surface area contributed by atoms with E-state index in [9.17, 15) is 22.0 Å². The molecule has 0 saturated heterocycles. The first kappa shape index (κ1) is 15.5. The largest absolute Gasteiger partial charge is 0.325 e. The number of carbonyl (C=O) groups is 1. The van der Waals surface area contributed by atoms with Gasteiger partial charge in [-0.2, -0.15) is 0 Å². The lowest BCUT2D eigenvalue weighted by atomic mass is 10.2. The van der Waals surface area contributed by atoms with Crippen LogP contribution in [-0.2, 0) is 14.6 Å². The summed E-state index contributed by atoms with van der Waals surface area (Å²) in [5.41, 5.74) is 5.55. The highest BCUT2D eigenvalue weighted by Gasteiger charge is 2.16. The smallest absolute Gasteiger partial charge is 0.241 e. The highest BCUT2D eigenvalue weighted by atomic mass is 32.2. The number of sulfone groups is 1. The van der Waals surface area contributed by atoms with E-state index in [2.05, 4.69) is 5.32 Å². The molecule has 0 heterocycles. The molecule has 1 amide bonds. The quantitative estimate of drug-likeness (QED) is 0.834. The third-order valence-electron chi connectivity index (χ3n) is 2.32. The molecule has 0 saturated carbocycles. The average molecular weight is 292 g/mol. The summed E-state index contributed by atoms with van der Waals surface area (Å²) in [7, 11) is -3.21. The Morgan fingerprint density at radius 2 is 2.00 bits per heavy atom. The van der Waals surface area contributed by atoms with Crippen LogP contribution in [0, 0.1) is 11.6 Å². The minimum atomic E-state index is -3.21. The van der Waals surface area contributed by atoms with Crippen LogP contribution in [0.25, 0.3) is 0 Å². The van der Waals surface area contributed by atoms with Gasteiger partial charge < -0.3 is 11.1 Å². The maximum atomic E-state index is 12.9. The van der Waals surface area contributed by atoms with Crippen molar-refractivity contribution in [1.29, 1.82) is 0 Å². The normalized spacial score (nSPS) is 13.1. The van der Waals surface area contributed by atoms with Crippen LogP contribution in [-0.4, -0.2) is 32.4 Å². The van der Waals surface area contributed by atoms with E-state index < -0.39 is 33.4 Å². The summed E-state index contributed by atoms with van der Waals surface area (Å²) < 4.78 is 47.4. The van der Waals surface area contributed by atoms with Crippen molar-refractivity contribution in [1.82, 2.24) is 0 Å². The maximum Gasteiger partial charge on any atom is 0.241 e. The summed E-state index contributed by atoms with van der Waals surface area (Å²) in [5.74, 6) is -3.00. The second kappa shape index (κ2) is 6.07. The molecule has 1 aromatic rings. The van der Waals surface area contributed by atoms with Crippen molar-refractivity contribution in [3.05, 3.63) is 29.8 Å². The molecule has 0 radical (unpaired) electrons. The SMILES string of the molecule is CS(=O)(=O)CCC(N)C(=O)Nc1ccc(F)c(F)c1. The molecule has 0 spiro atoms. The van der Waals surface area contributed by atoms with Gasteiger partial charge in [-0.05, 0) is 18.6 Å². The van der Waals surface area contributed by atoms with Gasteiger partial charge in [-0.1, -0.05) is 0 Å². The summed E-state index contributed by atoms with van der Waals surface area (Å²) >= 11 is 0. The van der Waals surface area contributed by atoms with Gasteiger partial charge in [0.25, 0.3) is 0 Å². The average Bonchev–Trinajstić information content (AvgIpc) is 2.29. The molecule has 1 rings (SSSR count). The minimum Gasteiger partial charge on any atom is -0.325 e. The molecule has 1 aromatic carbocycles. The minimum absolute atomic E-state index is 0.0473. The van der Waals surface area contributed by atoms with Crippen LogP contribution in [0.5, 0.6) is 0 Å². The van der Waals surface area contributed by atoms with Crippen molar-refractivity contribution in [2.75, 3.05) is 17.3 Å². The predicted octanol–water partition coefficient (Wildman–Crippen LogP) is 0.665. The van der Waals surface area contributed by atoms with Gasteiger partial charge in [-0.15, -0.1) is 0 Å². The molecule has 3 N–H and O–H groups in total. The molecule has 0 fully saturated rings. The van der Waals surface area contributed by atoms with Crippen LogP contribution >= 0.6 is 0 Å². The second-order valence-corrected chi connectivity index (χ2v) is 6.40. The number of anilines is 1. The van der Waals surface area contributed by atoms with Gasteiger partial charge in [0.15, 0.2) is 11.6 Å². The fraction of sp³-hybridized carbons (Fsp3) is 0.364. The molecule has 1 unspecified atom stereocenters. The Hall–Kier alpha value is -1.54. The summed E-state index contributed by atoms with van der Waals surface area (Å²) in [5, 5.41) is 2.28. The number of hydrogen-bond donors (Lipinski definition) is 2. The number of nitrogens with one attached hydrogen (secondary N) is 1. The first-order valence-corrected chi connectivity index (χ1v) is 7.44. The lowest BCUT2D eigenvalue weighted by Crippen LogP contribution is -2.37. The molecule has 0 aliphatic rings. The molecule has 5 nitrogen and oxygen atoms in total. The van der Waals surface area contributed by atoms with E-state index in [1.165, 1.54) is 6.07 Å². The van der Waals surface area contributed by atoms with Crippen molar-refractivity contribution < 1.29 is 22.0 Å². The van der Waals surface area contributed by atoms with Crippen molar-refractivity contribution in [2.24, 2.45) is 5.73 Å². The lowest BCUT2D eigenvalue weighted by Gasteiger charge is -2.11. The zero-order valence-electron chi connectivity index (χ0n) is 10.2. The van der Waals surface area contributed by atoms with Crippen LogP contribution in [0.4, 0.5) is 14.5 Å².